The lowest BCUT2D eigenvalue weighted by atomic mass is 9.99. The van der Waals surface area contributed by atoms with Gasteiger partial charge in [0.2, 0.25) is 0 Å². The molecule has 0 rings (SSSR count). The van der Waals surface area contributed by atoms with Crippen LogP contribution in [0.15, 0.2) is 0 Å². The summed E-state index contributed by atoms with van der Waals surface area (Å²) in [5.74, 6) is -0.332. The highest BCUT2D eigenvalue weighted by Crippen LogP contribution is 2.15. The monoisotopic (exact) mass is 246 g/mol. The Labute approximate surface area is 105 Å². The Morgan fingerprint density at radius 2 is 1.88 bits per heavy atom. The minimum Gasteiger partial charge on any atom is -0.463 e. The lowest BCUT2D eigenvalue weighted by Crippen LogP contribution is -2.29. The standard InChI is InChI=1S/C13H26O4/c1-6-8-9-11(17-16-7-2)12(14)15-10-13(3,4)5/h11H,6-10H2,1-5H3. The van der Waals surface area contributed by atoms with Crippen LogP contribution in [0.2, 0.25) is 0 Å². The zero-order valence-electron chi connectivity index (χ0n) is 11.7. The SMILES string of the molecule is CCCCC(OOCC)C(=O)OCC(C)(C)C. The molecule has 0 heterocycles. The van der Waals surface area contributed by atoms with Gasteiger partial charge in [0.15, 0.2) is 6.10 Å². The Hall–Kier alpha value is -0.610. The average molecular weight is 246 g/mol. The van der Waals surface area contributed by atoms with E-state index in [0.717, 1.165) is 12.8 Å². The first kappa shape index (κ1) is 16.4. The van der Waals surface area contributed by atoms with E-state index in [1.807, 2.05) is 27.7 Å². The zero-order valence-corrected chi connectivity index (χ0v) is 11.7. The maximum Gasteiger partial charge on any atom is 0.338 e. The van der Waals surface area contributed by atoms with E-state index in [0.29, 0.717) is 19.6 Å². The van der Waals surface area contributed by atoms with Gasteiger partial charge >= 0.3 is 5.97 Å². The number of hydrogen-bond donors (Lipinski definition) is 0. The van der Waals surface area contributed by atoms with Crippen molar-refractivity contribution in [1.29, 1.82) is 0 Å². The Kier molecular flexibility index (Phi) is 8.17. The van der Waals surface area contributed by atoms with E-state index in [4.69, 9.17) is 14.5 Å². The molecule has 4 heteroatoms. The Bertz CT molecular complexity index is 200. The van der Waals surface area contributed by atoms with Crippen LogP contribution in [0.3, 0.4) is 0 Å². The van der Waals surface area contributed by atoms with E-state index in [-0.39, 0.29) is 11.4 Å². The van der Waals surface area contributed by atoms with Crippen molar-refractivity contribution in [1.82, 2.24) is 0 Å². The van der Waals surface area contributed by atoms with Crippen molar-refractivity contribution in [2.45, 2.75) is 60.0 Å². The lowest BCUT2D eigenvalue weighted by Gasteiger charge is -2.20. The van der Waals surface area contributed by atoms with Crippen molar-refractivity contribution in [3.63, 3.8) is 0 Å². The number of hydrogen-bond acceptors (Lipinski definition) is 4. The number of carbonyl (C=O) groups is 1. The van der Waals surface area contributed by atoms with Gasteiger partial charge in [0, 0.05) is 0 Å². The molecular formula is C13H26O4. The topological polar surface area (TPSA) is 44.8 Å². The van der Waals surface area contributed by atoms with Crippen molar-refractivity contribution >= 4 is 5.97 Å². The largest absolute Gasteiger partial charge is 0.463 e. The van der Waals surface area contributed by atoms with Crippen molar-refractivity contribution < 1.29 is 19.3 Å². The van der Waals surface area contributed by atoms with E-state index in [1.165, 1.54) is 0 Å². The molecule has 0 aliphatic rings. The van der Waals surface area contributed by atoms with Gasteiger partial charge in [-0.3, -0.25) is 0 Å². The van der Waals surface area contributed by atoms with Crippen LogP contribution in [-0.4, -0.2) is 25.3 Å². The summed E-state index contributed by atoms with van der Waals surface area (Å²) in [5.41, 5.74) is -0.0312. The first-order valence-electron chi connectivity index (χ1n) is 6.35. The van der Waals surface area contributed by atoms with Crippen LogP contribution in [0, 0.1) is 5.41 Å². The summed E-state index contributed by atoms with van der Waals surface area (Å²) >= 11 is 0. The average Bonchev–Trinajstić information content (AvgIpc) is 2.25. The molecule has 4 nitrogen and oxygen atoms in total. The molecule has 17 heavy (non-hydrogen) atoms. The molecule has 0 saturated heterocycles. The van der Waals surface area contributed by atoms with Gasteiger partial charge in [0.25, 0.3) is 0 Å². The Balaban J connectivity index is 4.11. The highest BCUT2D eigenvalue weighted by atomic mass is 17.2. The van der Waals surface area contributed by atoms with Crippen molar-refractivity contribution in [2.24, 2.45) is 5.41 Å². The molecule has 0 aromatic heterocycles. The minimum atomic E-state index is -0.600. The smallest absolute Gasteiger partial charge is 0.338 e. The van der Waals surface area contributed by atoms with Crippen molar-refractivity contribution in [2.75, 3.05) is 13.2 Å². The number of rotatable bonds is 8. The fraction of sp³-hybridized carbons (Fsp3) is 0.923. The van der Waals surface area contributed by atoms with Gasteiger partial charge in [0.05, 0.1) is 13.2 Å². The second-order valence-electron chi connectivity index (χ2n) is 5.30. The molecule has 0 aromatic rings. The molecule has 1 unspecified atom stereocenters. The first-order chi connectivity index (χ1) is 7.90. The fourth-order valence-corrected chi connectivity index (χ4v) is 1.13. The molecule has 0 aromatic carbocycles. The Morgan fingerprint density at radius 3 is 2.35 bits per heavy atom. The molecule has 0 N–H and O–H groups in total. The fourth-order valence-electron chi connectivity index (χ4n) is 1.13. The van der Waals surface area contributed by atoms with Crippen LogP contribution in [0.1, 0.15) is 53.9 Å². The third-order valence-electron chi connectivity index (χ3n) is 2.03. The predicted octanol–water partition coefficient (Wildman–Crippen LogP) is 3.10. The molecular weight excluding hydrogens is 220 g/mol. The molecule has 0 fully saturated rings. The van der Waals surface area contributed by atoms with E-state index < -0.39 is 6.10 Å². The number of unbranched alkanes of at least 4 members (excludes halogenated alkanes) is 1. The molecule has 0 aliphatic heterocycles. The summed E-state index contributed by atoms with van der Waals surface area (Å²) in [6.45, 7) is 10.8. The molecule has 0 amide bonds. The molecule has 0 saturated carbocycles. The second kappa shape index (κ2) is 8.48. The molecule has 0 spiro atoms. The van der Waals surface area contributed by atoms with E-state index in [2.05, 4.69) is 6.92 Å². The third kappa shape index (κ3) is 9.12. The highest BCUT2D eigenvalue weighted by molar-refractivity contribution is 5.74. The summed E-state index contributed by atoms with van der Waals surface area (Å²) in [6, 6.07) is 0. The van der Waals surface area contributed by atoms with Gasteiger partial charge in [-0.15, -0.1) is 0 Å². The molecule has 0 bridgehead atoms. The third-order valence-corrected chi connectivity index (χ3v) is 2.03. The van der Waals surface area contributed by atoms with Crippen LogP contribution >= 0.6 is 0 Å². The molecule has 1 atom stereocenters. The quantitative estimate of drug-likeness (QED) is 0.375. The summed E-state index contributed by atoms with van der Waals surface area (Å²) in [7, 11) is 0. The minimum absolute atomic E-state index is 0.0312. The lowest BCUT2D eigenvalue weighted by molar-refractivity contribution is -0.319. The predicted molar refractivity (Wildman–Crippen MR) is 66.4 cm³/mol. The van der Waals surface area contributed by atoms with Crippen LogP contribution in [0.25, 0.3) is 0 Å². The van der Waals surface area contributed by atoms with Gasteiger partial charge in [0.1, 0.15) is 0 Å². The van der Waals surface area contributed by atoms with E-state index in [1.54, 1.807) is 0 Å². The highest BCUT2D eigenvalue weighted by Gasteiger charge is 2.23. The van der Waals surface area contributed by atoms with Gasteiger partial charge < -0.3 is 4.74 Å². The van der Waals surface area contributed by atoms with E-state index >= 15 is 0 Å². The second-order valence-corrected chi connectivity index (χ2v) is 5.30. The van der Waals surface area contributed by atoms with Crippen LogP contribution in [0.5, 0.6) is 0 Å². The van der Waals surface area contributed by atoms with E-state index in [9.17, 15) is 4.79 Å². The number of carbonyl (C=O) groups excluding carboxylic acids is 1. The Morgan fingerprint density at radius 1 is 1.24 bits per heavy atom. The van der Waals surface area contributed by atoms with Crippen molar-refractivity contribution in [3.8, 4) is 0 Å². The zero-order chi connectivity index (χ0) is 13.3. The van der Waals surface area contributed by atoms with Gasteiger partial charge in [-0.05, 0) is 18.8 Å². The number of esters is 1. The molecule has 0 radical (unpaired) electrons. The van der Waals surface area contributed by atoms with Gasteiger partial charge in [-0.25, -0.2) is 14.6 Å². The molecule has 102 valence electrons. The van der Waals surface area contributed by atoms with Crippen LogP contribution < -0.4 is 0 Å². The maximum absolute atomic E-state index is 11.8. The van der Waals surface area contributed by atoms with Crippen LogP contribution in [0.4, 0.5) is 0 Å². The summed E-state index contributed by atoms with van der Waals surface area (Å²) in [6.07, 6.45) is 1.97. The number of ether oxygens (including phenoxy) is 1. The normalized spacial score (nSPS) is 13.5. The summed E-state index contributed by atoms with van der Waals surface area (Å²) < 4.78 is 5.22. The molecule has 0 aliphatic carbocycles. The van der Waals surface area contributed by atoms with Gasteiger partial charge in [-0.2, -0.15) is 0 Å². The maximum atomic E-state index is 11.8. The van der Waals surface area contributed by atoms with Crippen LogP contribution in [-0.2, 0) is 19.3 Å². The first-order valence-corrected chi connectivity index (χ1v) is 6.35. The summed E-state index contributed by atoms with van der Waals surface area (Å²) in [5, 5.41) is 0. The summed E-state index contributed by atoms with van der Waals surface area (Å²) in [4.78, 5) is 21.7. The van der Waals surface area contributed by atoms with Gasteiger partial charge in [-0.1, -0.05) is 40.5 Å². The van der Waals surface area contributed by atoms with Crippen molar-refractivity contribution in [3.05, 3.63) is 0 Å².